The van der Waals surface area contributed by atoms with Crippen LogP contribution in [0.3, 0.4) is 0 Å². The van der Waals surface area contributed by atoms with Crippen molar-refractivity contribution in [2.45, 2.75) is 17.4 Å². The highest BCUT2D eigenvalue weighted by molar-refractivity contribution is 7.89. The lowest BCUT2D eigenvalue weighted by atomic mass is 10.1. The first-order chi connectivity index (χ1) is 8.37. The standard InChI is InChI=1S/C11H17NO5S/c1-11(7-13,8-14)12-18(15,16)10-5-3-9(17-2)4-6-10/h3-6,12-14H,7-8H2,1-2H3. The van der Waals surface area contributed by atoms with Gasteiger partial charge in [0.2, 0.25) is 10.0 Å². The van der Waals surface area contributed by atoms with Crippen molar-refractivity contribution in [1.29, 1.82) is 0 Å². The highest BCUT2D eigenvalue weighted by atomic mass is 32.2. The molecule has 3 N–H and O–H groups in total. The second kappa shape index (κ2) is 5.66. The zero-order valence-electron chi connectivity index (χ0n) is 10.3. The van der Waals surface area contributed by atoms with E-state index in [0.29, 0.717) is 5.75 Å². The predicted octanol–water partition coefficient (Wildman–Crippen LogP) is -0.283. The molecule has 0 amide bonds. The average molecular weight is 275 g/mol. The molecule has 0 fully saturated rings. The van der Waals surface area contributed by atoms with Gasteiger partial charge in [0.25, 0.3) is 0 Å². The van der Waals surface area contributed by atoms with E-state index >= 15 is 0 Å². The van der Waals surface area contributed by atoms with E-state index in [-0.39, 0.29) is 4.90 Å². The third kappa shape index (κ3) is 3.42. The van der Waals surface area contributed by atoms with Crippen molar-refractivity contribution in [3.8, 4) is 5.75 Å². The van der Waals surface area contributed by atoms with Crippen LogP contribution < -0.4 is 9.46 Å². The first kappa shape index (κ1) is 14.9. The van der Waals surface area contributed by atoms with Gasteiger partial charge < -0.3 is 14.9 Å². The molecule has 7 heteroatoms. The van der Waals surface area contributed by atoms with E-state index in [2.05, 4.69) is 4.72 Å². The van der Waals surface area contributed by atoms with E-state index in [9.17, 15) is 8.42 Å². The fraction of sp³-hybridized carbons (Fsp3) is 0.455. The molecule has 0 aliphatic heterocycles. The van der Waals surface area contributed by atoms with E-state index in [4.69, 9.17) is 14.9 Å². The lowest BCUT2D eigenvalue weighted by Crippen LogP contribution is -2.51. The summed E-state index contributed by atoms with van der Waals surface area (Å²) in [5, 5.41) is 18.1. The van der Waals surface area contributed by atoms with E-state index in [0.717, 1.165) is 0 Å². The molecule has 0 saturated carbocycles. The summed E-state index contributed by atoms with van der Waals surface area (Å²) in [4.78, 5) is 0.0384. The van der Waals surface area contributed by atoms with Crippen molar-refractivity contribution in [2.75, 3.05) is 20.3 Å². The second-order valence-electron chi connectivity index (χ2n) is 4.16. The molecular formula is C11H17NO5S. The van der Waals surface area contributed by atoms with Crippen LogP contribution in [0.15, 0.2) is 29.2 Å². The molecule has 0 spiro atoms. The lowest BCUT2D eigenvalue weighted by Gasteiger charge is -2.25. The number of hydrogen-bond acceptors (Lipinski definition) is 5. The molecule has 0 heterocycles. The van der Waals surface area contributed by atoms with Crippen LogP contribution in [-0.4, -0.2) is 44.5 Å². The molecule has 0 unspecified atom stereocenters. The van der Waals surface area contributed by atoms with Gasteiger partial charge in [0.15, 0.2) is 0 Å². The number of benzene rings is 1. The molecule has 18 heavy (non-hydrogen) atoms. The van der Waals surface area contributed by atoms with Crippen molar-refractivity contribution in [3.05, 3.63) is 24.3 Å². The van der Waals surface area contributed by atoms with Crippen LogP contribution in [0.4, 0.5) is 0 Å². The van der Waals surface area contributed by atoms with Crippen molar-refractivity contribution >= 4 is 10.0 Å². The van der Waals surface area contributed by atoms with Gasteiger partial charge in [-0.05, 0) is 31.2 Å². The Bertz CT molecular complexity index is 479. The summed E-state index contributed by atoms with van der Waals surface area (Å²) in [6.07, 6.45) is 0. The van der Waals surface area contributed by atoms with Gasteiger partial charge >= 0.3 is 0 Å². The number of aliphatic hydroxyl groups is 2. The average Bonchev–Trinajstić information content (AvgIpc) is 2.38. The van der Waals surface area contributed by atoms with Crippen molar-refractivity contribution in [3.63, 3.8) is 0 Å². The van der Waals surface area contributed by atoms with Crippen molar-refractivity contribution in [1.82, 2.24) is 4.72 Å². The number of nitrogens with one attached hydrogen (secondary N) is 1. The summed E-state index contributed by atoms with van der Waals surface area (Å²) in [5.74, 6) is 0.543. The first-order valence-electron chi connectivity index (χ1n) is 5.26. The highest BCUT2D eigenvalue weighted by Crippen LogP contribution is 2.17. The quantitative estimate of drug-likeness (QED) is 0.663. The molecule has 0 aromatic heterocycles. The van der Waals surface area contributed by atoms with Crippen LogP contribution in [-0.2, 0) is 10.0 Å². The van der Waals surface area contributed by atoms with Crippen LogP contribution in [0.2, 0.25) is 0 Å². The predicted molar refractivity (Wildman–Crippen MR) is 65.9 cm³/mol. The van der Waals surface area contributed by atoms with Gasteiger partial charge in [-0.2, -0.15) is 0 Å². The minimum Gasteiger partial charge on any atom is -0.497 e. The molecule has 1 aromatic carbocycles. The monoisotopic (exact) mass is 275 g/mol. The molecule has 0 atom stereocenters. The zero-order valence-corrected chi connectivity index (χ0v) is 11.1. The number of hydrogen-bond donors (Lipinski definition) is 3. The maximum atomic E-state index is 12.0. The van der Waals surface area contributed by atoms with Crippen molar-refractivity contribution in [2.24, 2.45) is 0 Å². The molecule has 0 aliphatic rings. The molecule has 102 valence electrons. The second-order valence-corrected chi connectivity index (χ2v) is 5.84. The van der Waals surface area contributed by atoms with E-state index in [1.54, 1.807) is 0 Å². The van der Waals surface area contributed by atoms with Gasteiger partial charge in [0.05, 0.1) is 30.8 Å². The minimum absolute atomic E-state index is 0.0384. The molecule has 6 nitrogen and oxygen atoms in total. The van der Waals surface area contributed by atoms with Crippen molar-refractivity contribution < 1.29 is 23.4 Å². The normalized spacial score (nSPS) is 12.4. The minimum atomic E-state index is -3.79. The molecule has 0 aliphatic carbocycles. The molecule has 1 aromatic rings. The van der Waals surface area contributed by atoms with E-state index in [1.807, 2.05) is 0 Å². The Kier molecular flexibility index (Phi) is 4.69. The summed E-state index contributed by atoms with van der Waals surface area (Å²) in [5.41, 5.74) is -1.29. The van der Waals surface area contributed by atoms with Gasteiger partial charge in [-0.15, -0.1) is 0 Å². The summed E-state index contributed by atoms with van der Waals surface area (Å²) in [7, 11) is -2.31. The molecule has 0 radical (unpaired) electrons. The van der Waals surface area contributed by atoms with E-state index in [1.165, 1.54) is 38.3 Å². The van der Waals surface area contributed by atoms with Gasteiger partial charge in [-0.3, -0.25) is 0 Å². The van der Waals surface area contributed by atoms with Crippen LogP contribution in [0.1, 0.15) is 6.92 Å². The van der Waals surface area contributed by atoms with E-state index < -0.39 is 28.8 Å². The number of aliphatic hydroxyl groups excluding tert-OH is 2. The topological polar surface area (TPSA) is 95.9 Å². The number of ether oxygens (including phenoxy) is 1. The van der Waals surface area contributed by atoms with Crippen LogP contribution >= 0.6 is 0 Å². The van der Waals surface area contributed by atoms with Crippen LogP contribution in [0, 0.1) is 0 Å². The zero-order chi connectivity index (χ0) is 13.8. The Morgan fingerprint density at radius 2 is 1.72 bits per heavy atom. The Labute approximate surface area is 106 Å². The number of methoxy groups -OCH3 is 1. The van der Waals surface area contributed by atoms with Gasteiger partial charge in [-0.1, -0.05) is 0 Å². The smallest absolute Gasteiger partial charge is 0.241 e. The fourth-order valence-electron chi connectivity index (χ4n) is 1.25. The molecule has 0 bridgehead atoms. The van der Waals surface area contributed by atoms with Crippen LogP contribution in [0.5, 0.6) is 5.75 Å². The Morgan fingerprint density at radius 3 is 2.11 bits per heavy atom. The highest BCUT2D eigenvalue weighted by Gasteiger charge is 2.29. The SMILES string of the molecule is COc1ccc(S(=O)(=O)NC(C)(CO)CO)cc1. The third-order valence-electron chi connectivity index (χ3n) is 2.45. The number of sulfonamides is 1. The Balaban J connectivity index is 2.99. The maximum absolute atomic E-state index is 12.0. The first-order valence-corrected chi connectivity index (χ1v) is 6.75. The fourth-order valence-corrected chi connectivity index (χ4v) is 2.64. The molecule has 1 rings (SSSR count). The van der Waals surface area contributed by atoms with Crippen LogP contribution in [0.25, 0.3) is 0 Å². The van der Waals surface area contributed by atoms with Gasteiger partial charge in [0.1, 0.15) is 5.75 Å². The summed E-state index contributed by atoms with van der Waals surface area (Å²) >= 11 is 0. The van der Waals surface area contributed by atoms with Gasteiger partial charge in [0, 0.05) is 0 Å². The van der Waals surface area contributed by atoms with Gasteiger partial charge in [-0.25, -0.2) is 13.1 Å². The molecular weight excluding hydrogens is 258 g/mol. The lowest BCUT2D eigenvalue weighted by molar-refractivity contribution is 0.122. The Morgan fingerprint density at radius 1 is 1.22 bits per heavy atom. The third-order valence-corrected chi connectivity index (χ3v) is 4.10. The maximum Gasteiger partial charge on any atom is 0.241 e. The summed E-state index contributed by atoms with van der Waals surface area (Å²) < 4.78 is 31.2. The summed E-state index contributed by atoms with van der Waals surface area (Å²) in [6, 6.07) is 5.81. The summed E-state index contributed by atoms with van der Waals surface area (Å²) in [6.45, 7) is 0.409. The number of rotatable bonds is 6. The molecule has 0 saturated heterocycles. The Hall–Kier alpha value is -1.15. The largest absolute Gasteiger partial charge is 0.497 e.